The Morgan fingerprint density at radius 1 is 1.11 bits per heavy atom. The number of nitrogens with one attached hydrogen (secondary N) is 1. The van der Waals surface area contributed by atoms with Gasteiger partial charge in [0, 0.05) is 39.0 Å². The lowest BCUT2D eigenvalue weighted by Gasteiger charge is -2.28. The molecule has 4 nitrogen and oxygen atoms in total. The summed E-state index contributed by atoms with van der Waals surface area (Å²) < 4.78 is 1.19. The predicted molar refractivity (Wildman–Crippen MR) is 111 cm³/mol. The van der Waals surface area contributed by atoms with Gasteiger partial charge >= 0.3 is 0 Å². The first-order valence-corrected chi connectivity index (χ1v) is 10.5. The summed E-state index contributed by atoms with van der Waals surface area (Å²) in [4.78, 5) is 19.2. The molecule has 0 spiro atoms. The third kappa shape index (κ3) is 4.73. The highest BCUT2D eigenvalue weighted by atomic mass is 32.1. The summed E-state index contributed by atoms with van der Waals surface area (Å²) in [5.41, 5.74) is 3.96. The van der Waals surface area contributed by atoms with Crippen LogP contribution in [-0.4, -0.2) is 35.4 Å². The Bertz CT molecular complexity index is 888. The SMILES string of the molecule is O=C(CCc1nc2ccccc2s1)NCCCN1CCc2ccccc2C1. The number of benzene rings is 2. The molecule has 0 saturated heterocycles. The third-order valence-corrected chi connectivity index (χ3v) is 6.18. The smallest absolute Gasteiger partial charge is 0.220 e. The number of rotatable bonds is 7. The number of aryl methyl sites for hydroxylation is 1. The lowest BCUT2D eigenvalue weighted by atomic mass is 10.00. The average molecular weight is 380 g/mol. The van der Waals surface area contributed by atoms with Crippen molar-refractivity contribution in [3.8, 4) is 0 Å². The van der Waals surface area contributed by atoms with E-state index in [-0.39, 0.29) is 5.91 Å². The maximum atomic E-state index is 12.1. The van der Waals surface area contributed by atoms with Crippen molar-refractivity contribution in [3.63, 3.8) is 0 Å². The van der Waals surface area contributed by atoms with Gasteiger partial charge in [0.1, 0.15) is 0 Å². The van der Waals surface area contributed by atoms with Crippen molar-refractivity contribution in [2.45, 2.75) is 32.2 Å². The zero-order valence-corrected chi connectivity index (χ0v) is 16.3. The Morgan fingerprint density at radius 2 is 1.93 bits per heavy atom. The van der Waals surface area contributed by atoms with Crippen molar-refractivity contribution in [3.05, 3.63) is 64.7 Å². The molecule has 1 aliphatic rings. The Kier molecular flexibility index (Phi) is 5.80. The fourth-order valence-electron chi connectivity index (χ4n) is 3.61. The van der Waals surface area contributed by atoms with Crippen molar-refractivity contribution in [2.24, 2.45) is 0 Å². The Balaban J connectivity index is 1.15. The van der Waals surface area contributed by atoms with E-state index in [1.165, 1.54) is 15.8 Å². The van der Waals surface area contributed by atoms with Gasteiger partial charge in [0.25, 0.3) is 0 Å². The van der Waals surface area contributed by atoms with Gasteiger partial charge in [-0.25, -0.2) is 4.98 Å². The molecule has 1 amide bonds. The molecule has 0 radical (unpaired) electrons. The zero-order chi connectivity index (χ0) is 18.5. The number of aromatic nitrogens is 1. The highest BCUT2D eigenvalue weighted by Crippen LogP contribution is 2.22. The van der Waals surface area contributed by atoms with Gasteiger partial charge in [-0.05, 0) is 36.1 Å². The second kappa shape index (κ2) is 8.63. The minimum Gasteiger partial charge on any atom is -0.356 e. The lowest BCUT2D eigenvalue weighted by molar-refractivity contribution is -0.121. The van der Waals surface area contributed by atoms with Crippen LogP contribution in [0.3, 0.4) is 0 Å². The van der Waals surface area contributed by atoms with Crippen LogP contribution in [0.5, 0.6) is 0 Å². The molecule has 3 aromatic rings. The van der Waals surface area contributed by atoms with Crippen molar-refractivity contribution in [1.29, 1.82) is 0 Å². The van der Waals surface area contributed by atoms with Crippen molar-refractivity contribution in [2.75, 3.05) is 19.6 Å². The summed E-state index contributed by atoms with van der Waals surface area (Å²) in [5, 5.41) is 4.10. The van der Waals surface area contributed by atoms with Crippen molar-refractivity contribution in [1.82, 2.24) is 15.2 Å². The predicted octanol–water partition coefficient (Wildman–Crippen LogP) is 3.79. The maximum absolute atomic E-state index is 12.1. The van der Waals surface area contributed by atoms with Crippen LogP contribution in [-0.2, 0) is 24.2 Å². The molecule has 0 saturated carbocycles. The second-order valence-corrected chi connectivity index (χ2v) is 8.19. The molecule has 1 aliphatic heterocycles. The number of fused-ring (bicyclic) bond motifs is 2. The largest absolute Gasteiger partial charge is 0.356 e. The highest BCUT2D eigenvalue weighted by Gasteiger charge is 2.15. The van der Waals surface area contributed by atoms with Crippen LogP contribution in [0.2, 0.25) is 0 Å². The molecule has 1 N–H and O–H groups in total. The molecule has 0 atom stereocenters. The fraction of sp³-hybridized carbons (Fsp3) is 0.364. The molecule has 0 fully saturated rings. The van der Waals surface area contributed by atoms with Crippen LogP contribution in [0.15, 0.2) is 48.5 Å². The van der Waals surface area contributed by atoms with Gasteiger partial charge in [-0.1, -0.05) is 36.4 Å². The van der Waals surface area contributed by atoms with E-state index in [0.717, 1.165) is 49.5 Å². The van der Waals surface area contributed by atoms with E-state index in [1.54, 1.807) is 11.3 Å². The Hall–Kier alpha value is -2.24. The molecule has 0 aliphatic carbocycles. The van der Waals surface area contributed by atoms with Crippen LogP contribution in [0.4, 0.5) is 0 Å². The average Bonchev–Trinajstić information content (AvgIpc) is 3.12. The fourth-order valence-corrected chi connectivity index (χ4v) is 4.58. The quantitative estimate of drug-likeness (QED) is 0.635. The standard InChI is InChI=1S/C22H25N3OS/c26-21(10-11-22-24-19-8-3-4-9-20(19)27-22)23-13-5-14-25-15-12-17-6-1-2-7-18(17)16-25/h1-4,6-9H,5,10-16H2,(H,23,26). The molecular formula is C22H25N3OS. The minimum atomic E-state index is 0.123. The van der Waals surface area contributed by atoms with E-state index in [0.29, 0.717) is 12.8 Å². The molecule has 140 valence electrons. The van der Waals surface area contributed by atoms with Gasteiger partial charge in [-0.15, -0.1) is 11.3 Å². The maximum Gasteiger partial charge on any atom is 0.220 e. The molecule has 1 aromatic heterocycles. The summed E-state index contributed by atoms with van der Waals surface area (Å²) in [6.07, 6.45) is 3.35. The molecule has 27 heavy (non-hydrogen) atoms. The van der Waals surface area contributed by atoms with Crippen LogP contribution >= 0.6 is 11.3 Å². The molecular weight excluding hydrogens is 354 g/mol. The van der Waals surface area contributed by atoms with Gasteiger partial charge in [0.2, 0.25) is 5.91 Å². The van der Waals surface area contributed by atoms with E-state index >= 15 is 0 Å². The van der Waals surface area contributed by atoms with E-state index < -0.39 is 0 Å². The Morgan fingerprint density at radius 3 is 2.81 bits per heavy atom. The zero-order valence-electron chi connectivity index (χ0n) is 15.5. The highest BCUT2D eigenvalue weighted by molar-refractivity contribution is 7.18. The number of para-hydroxylation sites is 1. The lowest BCUT2D eigenvalue weighted by Crippen LogP contribution is -2.33. The number of carbonyl (C=O) groups excluding carboxylic acids is 1. The van der Waals surface area contributed by atoms with E-state index in [4.69, 9.17) is 0 Å². The molecule has 0 unspecified atom stereocenters. The molecule has 5 heteroatoms. The summed E-state index contributed by atoms with van der Waals surface area (Å²) >= 11 is 1.68. The van der Waals surface area contributed by atoms with Crippen molar-refractivity contribution < 1.29 is 4.79 Å². The molecule has 2 aromatic carbocycles. The van der Waals surface area contributed by atoms with Crippen LogP contribution in [0.1, 0.15) is 29.0 Å². The number of hydrogen-bond acceptors (Lipinski definition) is 4. The van der Waals surface area contributed by atoms with E-state index in [2.05, 4.69) is 45.5 Å². The molecule has 4 rings (SSSR count). The van der Waals surface area contributed by atoms with Gasteiger partial charge in [-0.2, -0.15) is 0 Å². The Labute approximate surface area is 164 Å². The van der Waals surface area contributed by atoms with Crippen molar-refractivity contribution >= 4 is 27.5 Å². The minimum absolute atomic E-state index is 0.123. The van der Waals surface area contributed by atoms with Gasteiger partial charge in [0.15, 0.2) is 0 Å². The number of nitrogens with zero attached hydrogens (tertiary/aromatic N) is 2. The normalized spacial score (nSPS) is 14.2. The van der Waals surface area contributed by atoms with Gasteiger partial charge in [0.05, 0.1) is 15.2 Å². The van der Waals surface area contributed by atoms with Crippen LogP contribution < -0.4 is 5.32 Å². The first-order valence-electron chi connectivity index (χ1n) is 9.68. The monoisotopic (exact) mass is 379 g/mol. The number of thiazole rings is 1. The summed E-state index contributed by atoms with van der Waals surface area (Å²) in [7, 11) is 0. The van der Waals surface area contributed by atoms with E-state index in [1.807, 2.05) is 18.2 Å². The summed E-state index contributed by atoms with van der Waals surface area (Å²) in [6, 6.07) is 16.8. The summed E-state index contributed by atoms with van der Waals surface area (Å²) in [5.74, 6) is 0.123. The topological polar surface area (TPSA) is 45.2 Å². The molecule has 0 bridgehead atoms. The van der Waals surface area contributed by atoms with Gasteiger partial charge in [-0.3, -0.25) is 9.69 Å². The third-order valence-electron chi connectivity index (χ3n) is 5.09. The first-order chi connectivity index (χ1) is 13.3. The number of amides is 1. The first kappa shape index (κ1) is 18.1. The summed E-state index contributed by atoms with van der Waals surface area (Å²) in [6.45, 7) is 3.92. The van der Waals surface area contributed by atoms with Gasteiger partial charge < -0.3 is 5.32 Å². The molecule has 2 heterocycles. The number of carbonyl (C=O) groups is 1. The van der Waals surface area contributed by atoms with E-state index in [9.17, 15) is 4.79 Å². The number of hydrogen-bond donors (Lipinski definition) is 1. The van der Waals surface area contributed by atoms with Crippen LogP contribution in [0, 0.1) is 0 Å². The second-order valence-electron chi connectivity index (χ2n) is 7.07. The van der Waals surface area contributed by atoms with Crippen LogP contribution in [0.25, 0.3) is 10.2 Å².